The van der Waals surface area contributed by atoms with Gasteiger partial charge in [0.2, 0.25) is 10.0 Å². The van der Waals surface area contributed by atoms with Gasteiger partial charge in [-0.1, -0.05) is 23.2 Å². The van der Waals surface area contributed by atoms with Crippen LogP contribution in [0, 0.1) is 11.8 Å². The number of nitrogens with zero attached hydrogens (tertiary/aromatic N) is 1. The van der Waals surface area contributed by atoms with Crippen molar-refractivity contribution in [1.82, 2.24) is 4.31 Å². The van der Waals surface area contributed by atoms with Gasteiger partial charge in [-0.15, -0.1) is 0 Å². The maximum absolute atomic E-state index is 12.8. The topological polar surface area (TPSA) is 72.6 Å². The highest BCUT2D eigenvalue weighted by atomic mass is 35.5. The smallest absolute Gasteiger partial charge is 0.244 e. The second kappa shape index (κ2) is 5.83. The Bertz CT molecular complexity index is 696. The number of benzene rings is 1. The fraction of sp³-hybridized carbons (Fsp3) is 0.571. The van der Waals surface area contributed by atoms with Gasteiger partial charge in [0.15, 0.2) is 0 Å². The maximum atomic E-state index is 12.8. The Labute approximate surface area is 140 Å². The van der Waals surface area contributed by atoms with Crippen molar-refractivity contribution in [2.24, 2.45) is 17.6 Å². The van der Waals surface area contributed by atoms with Crippen molar-refractivity contribution in [3.05, 3.63) is 22.2 Å². The molecule has 8 heteroatoms. The first kappa shape index (κ1) is 16.3. The predicted molar refractivity (Wildman–Crippen MR) is 86.0 cm³/mol. The number of hydrogen-bond donors (Lipinski definition) is 1. The third-order valence-corrected chi connectivity index (χ3v) is 7.29. The summed E-state index contributed by atoms with van der Waals surface area (Å²) in [5.41, 5.74) is 6.07. The lowest BCUT2D eigenvalue weighted by Gasteiger charge is -2.20. The van der Waals surface area contributed by atoms with Crippen LogP contribution in [0.3, 0.4) is 0 Å². The highest BCUT2D eigenvalue weighted by Crippen LogP contribution is 2.41. The Morgan fingerprint density at radius 3 is 2.59 bits per heavy atom. The molecule has 3 rings (SSSR count). The predicted octanol–water partition coefficient (Wildman–Crippen LogP) is 2.36. The van der Waals surface area contributed by atoms with E-state index in [0.717, 1.165) is 12.8 Å². The molecule has 1 aliphatic heterocycles. The minimum Gasteiger partial charge on any atom is -0.495 e. The van der Waals surface area contributed by atoms with Crippen LogP contribution in [0.25, 0.3) is 0 Å². The van der Waals surface area contributed by atoms with E-state index in [4.69, 9.17) is 33.7 Å². The Balaban J connectivity index is 1.93. The number of rotatable bonds is 3. The highest BCUT2D eigenvalue weighted by Gasteiger charge is 2.45. The molecule has 1 aliphatic carbocycles. The fourth-order valence-corrected chi connectivity index (χ4v) is 5.82. The molecule has 2 N–H and O–H groups in total. The van der Waals surface area contributed by atoms with E-state index in [0.29, 0.717) is 24.8 Å². The van der Waals surface area contributed by atoms with E-state index < -0.39 is 10.0 Å². The lowest BCUT2D eigenvalue weighted by atomic mass is 9.98. The summed E-state index contributed by atoms with van der Waals surface area (Å²) in [5, 5.41) is 0.337. The zero-order valence-electron chi connectivity index (χ0n) is 12.1. The first-order valence-electron chi connectivity index (χ1n) is 7.13. The van der Waals surface area contributed by atoms with Crippen molar-refractivity contribution < 1.29 is 13.2 Å². The van der Waals surface area contributed by atoms with Crippen LogP contribution in [0.5, 0.6) is 5.75 Å². The van der Waals surface area contributed by atoms with Crippen molar-refractivity contribution in [3.8, 4) is 5.75 Å². The monoisotopic (exact) mass is 364 g/mol. The summed E-state index contributed by atoms with van der Waals surface area (Å²) < 4.78 is 32.2. The molecule has 1 aromatic carbocycles. The average Bonchev–Trinajstić information content (AvgIpc) is 3.04. The molecule has 1 heterocycles. The van der Waals surface area contributed by atoms with Gasteiger partial charge in [0, 0.05) is 25.2 Å². The molecule has 0 radical (unpaired) electrons. The van der Waals surface area contributed by atoms with Crippen molar-refractivity contribution in [3.63, 3.8) is 0 Å². The lowest BCUT2D eigenvalue weighted by molar-refractivity contribution is 0.414. The Morgan fingerprint density at radius 2 is 1.95 bits per heavy atom. The van der Waals surface area contributed by atoms with Gasteiger partial charge in [-0.2, -0.15) is 4.31 Å². The van der Waals surface area contributed by atoms with Gasteiger partial charge in [-0.3, -0.25) is 0 Å². The molecule has 0 bridgehead atoms. The maximum Gasteiger partial charge on any atom is 0.244 e. The minimum atomic E-state index is -3.68. The third kappa shape index (κ3) is 2.61. The summed E-state index contributed by atoms with van der Waals surface area (Å²) in [7, 11) is -2.22. The molecule has 5 nitrogen and oxygen atoms in total. The molecule has 1 saturated carbocycles. The van der Waals surface area contributed by atoms with Crippen molar-refractivity contribution >= 4 is 33.2 Å². The molecule has 2 aliphatic rings. The largest absolute Gasteiger partial charge is 0.495 e. The van der Waals surface area contributed by atoms with E-state index in [1.807, 2.05) is 0 Å². The summed E-state index contributed by atoms with van der Waals surface area (Å²) in [6.45, 7) is 0.953. The van der Waals surface area contributed by atoms with Gasteiger partial charge in [0.05, 0.1) is 17.2 Å². The molecule has 3 atom stereocenters. The molecule has 0 aromatic heterocycles. The van der Waals surface area contributed by atoms with Crippen LogP contribution in [0.15, 0.2) is 17.0 Å². The first-order chi connectivity index (χ1) is 10.3. The summed E-state index contributed by atoms with van der Waals surface area (Å²) in [4.78, 5) is 0.0218. The summed E-state index contributed by atoms with van der Waals surface area (Å²) in [6, 6.07) is 2.87. The Kier molecular flexibility index (Phi) is 4.33. The van der Waals surface area contributed by atoms with Gasteiger partial charge < -0.3 is 10.5 Å². The number of ether oxygens (including phenoxy) is 1. The molecule has 0 amide bonds. The zero-order valence-corrected chi connectivity index (χ0v) is 14.5. The normalized spacial score (nSPS) is 28.8. The van der Waals surface area contributed by atoms with E-state index in [-0.39, 0.29) is 26.9 Å². The molecule has 1 saturated heterocycles. The number of fused-ring (bicyclic) bond motifs is 1. The van der Waals surface area contributed by atoms with Crippen LogP contribution < -0.4 is 10.5 Å². The van der Waals surface area contributed by atoms with E-state index in [1.165, 1.54) is 23.5 Å². The summed E-state index contributed by atoms with van der Waals surface area (Å²) in [5.74, 6) is 0.936. The van der Waals surface area contributed by atoms with Gasteiger partial charge in [-0.05, 0) is 30.7 Å². The number of sulfonamides is 1. The van der Waals surface area contributed by atoms with Gasteiger partial charge in [0.1, 0.15) is 10.6 Å². The molecule has 2 fully saturated rings. The van der Waals surface area contributed by atoms with E-state index in [2.05, 4.69) is 0 Å². The lowest BCUT2D eigenvalue weighted by Crippen LogP contribution is -2.33. The zero-order chi connectivity index (χ0) is 16.1. The van der Waals surface area contributed by atoms with E-state index in [1.54, 1.807) is 0 Å². The molecule has 1 aromatic rings. The second-order valence-corrected chi connectivity index (χ2v) is 8.63. The Hall–Kier alpha value is -0.530. The van der Waals surface area contributed by atoms with Gasteiger partial charge in [0.25, 0.3) is 0 Å². The number of methoxy groups -OCH3 is 1. The molecular formula is C14H18Cl2N2O3S. The Morgan fingerprint density at radius 1 is 1.23 bits per heavy atom. The average molecular weight is 365 g/mol. The first-order valence-corrected chi connectivity index (χ1v) is 9.33. The number of hydrogen-bond acceptors (Lipinski definition) is 4. The van der Waals surface area contributed by atoms with Crippen LogP contribution >= 0.6 is 23.2 Å². The van der Waals surface area contributed by atoms with Crippen molar-refractivity contribution in [2.75, 3.05) is 20.2 Å². The van der Waals surface area contributed by atoms with Crippen molar-refractivity contribution in [2.45, 2.75) is 23.8 Å². The third-order valence-electron chi connectivity index (χ3n) is 4.70. The number of nitrogens with two attached hydrogens (primary N) is 1. The fourth-order valence-electron chi connectivity index (χ4n) is 3.47. The summed E-state index contributed by atoms with van der Waals surface area (Å²) >= 11 is 12.2. The summed E-state index contributed by atoms with van der Waals surface area (Å²) in [6.07, 6.45) is 1.95. The second-order valence-electron chi connectivity index (χ2n) is 5.90. The molecular weight excluding hydrogens is 347 g/mol. The van der Waals surface area contributed by atoms with Crippen molar-refractivity contribution in [1.29, 1.82) is 0 Å². The van der Waals surface area contributed by atoms with Crippen LogP contribution in [-0.2, 0) is 10.0 Å². The van der Waals surface area contributed by atoms with Crippen LogP contribution in [0.2, 0.25) is 10.0 Å². The standard InChI is InChI=1S/C14H18Cl2N2O3S/c1-21-13-4-11(16)14(5-10(13)15)22(19,20)18-6-8-2-3-12(17)9(8)7-18/h4-5,8-9,12H,2-3,6-7,17H2,1H3. The van der Waals surface area contributed by atoms with Crippen LogP contribution in [0.1, 0.15) is 12.8 Å². The minimum absolute atomic E-state index is 0.0218. The van der Waals surface area contributed by atoms with E-state index in [9.17, 15) is 8.42 Å². The van der Waals surface area contributed by atoms with E-state index >= 15 is 0 Å². The molecule has 3 unspecified atom stereocenters. The van der Waals surface area contributed by atoms with Gasteiger partial charge in [-0.25, -0.2) is 8.42 Å². The van der Waals surface area contributed by atoms with Crippen LogP contribution in [0.4, 0.5) is 0 Å². The molecule has 122 valence electrons. The number of halogens is 2. The molecule has 22 heavy (non-hydrogen) atoms. The SMILES string of the molecule is COc1cc(Cl)c(S(=O)(=O)N2CC3CCC(N)C3C2)cc1Cl. The van der Waals surface area contributed by atoms with Crippen LogP contribution in [-0.4, -0.2) is 39.0 Å². The molecule has 0 spiro atoms. The highest BCUT2D eigenvalue weighted by molar-refractivity contribution is 7.89. The van der Waals surface area contributed by atoms with Gasteiger partial charge >= 0.3 is 0 Å². The quantitative estimate of drug-likeness (QED) is 0.893.